The fourth-order valence-electron chi connectivity index (χ4n) is 2.34. The number of hydrogen-bond donors (Lipinski definition) is 1. The molecule has 0 radical (unpaired) electrons. The van der Waals surface area contributed by atoms with Gasteiger partial charge in [-0.15, -0.1) is 0 Å². The number of hydrogen-bond acceptors (Lipinski definition) is 1. The molecule has 0 fully saturated rings. The largest absolute Gasteiger partial charge is 0.325 e. The van der Waals surface area contributed by atoms with E-state index < -0.39 is 0 Å². The van der Waals surface area contributed by atoms with Crippen molar-refractivity contribution in [3.8, 4) is 0 Å². The summed E-state index contributed by atoms with van der Waals surface area (Å²) in [6.07, 6.45) is 0.410. The number of benzene rings is 2. The quantitative estimate of drug-likeness (QED) is 0.885. The number of amides is 1. The maximum absolute atomic E-state index is 12.1. The lowest BCUT2D eigenvalue weighted by Crippen LogP contribution is -2.16. The second-order valence-electron chi connectivity index (χ2n) is 4.98. The molecule has 0 aliphatic rings. The van der Waals surface area contributed by atoms with Gasteiger partial charge in [0.1, 0.15) is 0 Å². The number of aryl methyl sites for hydroxylation is 3. The summed E-state index contributed by atoms with van der Waals surface area (Å²) in [5.74, 6) is 0.0289. The Morgan fingerprint density at radius 1 is 1.00 bits per heavy atom. The minimum atomic E-state index is 0.0289. The first-order chi connectivity index (χ1) is 9.06. The van der Waals surface area contributed by atoms with Crippen molar-refractivity contribution >= 4 is 11.6 Å². The van der Waals surface area contributed by atoms with Crippen molar-refractivity contribution in [2.75, 3.05) is 5.32 Å². The summed E-state index contributed by atoms with van der Waals surface area (Å²) >= 11 is 0. The van der Waals surface area contributed by atoms with Gasteiger partial charge in [0.25, 0.3) is 0 Å². The van der Waals surface area contributed by atoms with Crippen molar-refractivity contribution in [1.29, 1.82) is 0 Å². The van der Waals surface area contributed by atoms with E-state index in [1.807, 2.05) is 44.2 Å². The fraction of sp³-hybridized carbons (Fsp3) is 0.235. The van der Waals surface area contributed by atoms with Gasteiger partial charge in [0.05, 0.1) is 6.42 Å². The molecule has 0 spiro atoms. The Balaban J connectivity index is 2.12. The summed E-state index contributed by atoms with van der Waals surface area (Å²) in [6, 6.07) is 14.0. The SMILES string of the molecule is Cc1cc(C)c(NC(=O)Cc2ccccc2)c(C)c1. The van der Waals surface area contributed by atoms with E-state index >= 15 is 0 Å². The van der Waals surface area contributed by atoms with Crippen LogP contribution in [0.3, 0.4) is 0 Å². The highest BCUT2D eigenvalue weighted by Gasteiger charge is 2.08. The monoisotopic (exact) mass is 253 g/mol. The predicted octanol–water partition coefficient (Wildman–Crippen LogP) is 3.79. The van der Waals surface area contributed by atoms with E-state index in [0.29, 0.717) is 6.42 Å². The van der Waals surface area contributed by atoms with E-state index in [4.69, 9.17) is 0 Å². The number of carbonyl (C=O) groups excluding carboxylic acids is 1. The number of rotatable bonds is 3. The molecule has 0 aliphatic heterocycles. The van der Waals surface area contributed by atoms with E-state index in [-0.39, 0.29) is 5.91 Å². The molecule has 0 bridgehead atoms. The molecule has 0 unspecified atom stereocenters. The molecule has 2 heteroatoms. The van der Waals surface area contributed by atoms with E-state index in [9.17, 15) is 4.79 Å². The summed E-state index contributed by atoms with van der Waals surface area (Å²) in [5.41, 5.74) is 5.41. The molecule has 0 saturated heterocycles. The van der Waals surface area contributed by atoms with Crippen LogP contribution in [0.4, 0.5) is 5.69 Å². The van der Waals surface area contributed by atoms with Crippen LogP contribution < -0.4 is 5.32 Å². The van der Waals surface area contributed by atoms with Crippen LogP contribution in [0.25, 0.3) is 0 Å². The van der Waals surface area contributed by atoms with Crippen LogP contribution in [-0.4, -0.2) is 5.91 Å². The third kappa shape index (κ3) is 3.44. The molecule has 98 valence electrons. The minimum absolute atomic E-state index is 0.0289. The molecule has 1 amide bonds. The van der Waals surface area contributed by atoms with Crippen molar-refractivity contribution in [3.05, 3.63) is 64.7 Å². The van der Waals surface area contributed by atoms with Crippen molar-refractivity contribution < 1.29 is 4.79 Å². The van der Waals surface area contributed by atoms with Gasteiger partial charge in [-0.1, -0.05) is 48.0 Å². The molecular weight excluding hydrogens is 234 g/mol. The van der Waals surface area contributed by atoms with Gasteiger partial charge in [-0.25, -0.2) is 0 Å². The number of nitrogens with one attached hydrogen (secondary N) is 1. The van der Waals surface area contributed by atoms with Gasteiger partial charge in [0.15, 0.2) is 0 Å². The maximum Gasteiger partial charge on any atom is 0.228 e. The molecule has 0 atom stereocenters. The van der Waals surface area contributed by atoms with Crippen LogP contribution in [0.2, 0.25) is 0 Å². The third-order valence-electron chi connectivity index (χ3n) is 3.15. The molecule has 0 saturated carbocycles. The molecule has 19 heavy (non-hydrogen) atoms. The Hall–Kier alpha value is -2.09. The highest BCUT2D eigenvalue weighted by molar-refractivity contribution is 5.93. The summed E-state index contributed by atoms with van der Waals surface area (Å²) in [6.45, 7) is 6.12. The second kappa shape index (κ2) is 5.70. The molecule has 2 aromatic carbocycles. The number of anilines is 1. The fourth-order valence-corrected chi connectivity index (χ4v) is 2.34. The van der Waals surface area contributed by atoms with Crippen molar-refractivity contribution in [2.24, 2.45) is 0 Å². The lowest BCUT2D eigenvalue weighted by atomic mass is 10.0. The van der Waals surface area contributed by atoms with E-state index in [2.05, 4.69) is 24.4 Å². The van der Waals surface area contributed by atoms with Crippen LogP contribution in [0.5, 0.6) is 0 Å². The predicted molar refractivity (Wildman–Crippen MR) is 79.4 cm³/mol. The summed E-state index contributed by atoms with van der Waals surface area (Å²) < 4.78 is 0. The van der Waals surface area contributed by atoms with E-state index in [0.717, 1.165) is 22.4 Å². The van der Waals surface area contributed by atoms with Gasteiger partial charge >= 0.3 is 0 Å². The van der Waals surface area contributed by atoms with E-state index in [1.54, 1.807) is 0 Å². The first kappa shape index (κ1) is 13.3. The first-order valence-corrected chi connectivity index (χ1v) is 6.48. The van der Waals surface area contributed by atoms with Crippen molar-refractivity contribution in [3.63, 3.8) is 0 Å². The van der Waals surface area contributed by atoms with Crippen LogP contribution in [0.1, 0.15) is 22.3 Å². The molecule has 0 aromatic heterocycles. The normalized spacial score (nSPS) is 10.3. The zero-order chi connectivity index (χ0) is 13.8. The molecule has 0 aliphatic carbocycles. The van der Waals surface area contributed by atoms with Crippen molar-refractivity contribution in [1.82, 2.24) is 0 Å². The van der Waals surface area contributed by atoms with Crippen LogP contribution in [-0.2, 0) is 11.2 Å². The average molecular weight is 253 g/mol. The zero-order valence-electron chi connectivity index (χ0n) is 11.7. The smallest absolute Gasteiger partial charge is 0.228 e. The summed E-state index contributed by atoms with van der Waals surface area (Å²) in [4.78, 5) is 12.1. The molecule has 1 N–H and O–H groups in total. The summed E-state index contributed by atoms with van der Waals surface area (Å²) in [5, 5.41) is 3.02. The molecule has 2 aromatic rings. The number of carbonyl (C=O) groups is 1. The van der Waals surface area contributed by atoms with Gasteiger partial charge in [-0.05, 0) is 37.5 Å². The van der Waals surface area contributed by atoms with Crippen molar-refractivity contribution in [2.45, 2.75) is 27.2 Å². The Kier molecular flexibility index (Phi) is 4.00. The Morgan fingerprint density at radius 2 is 1.58 bits per heavy atom. The molecule has 0 heterocycles. The summed E-state index contributed by atoms with van der Waals surface area (Å²) in [7, 11) is 0. The lowest BCUT2D eigenvalue weighted by Gasteiger charge is -2.12. The molecule has 2 nitrogen and oxygen atoms in total. The van der Waals surface area contributed by atoms with Crippen LogP contribution in [0, 0.1) is 20.8 Å². The first-order valence-electron chi connectivity index (χ1n) is 6.48. The average Bonchev–Trinajstić information content (AvgIpc) is 2.35. The topological polar surface area (TPSA) is 29.1 Å². The minimum Gasteiger partial charge on any atom is -0.325 e. The van der Waals surface area contributed by atoms with Gasteiger partial charge in [-0.2, -0.15) is 0 Å². The highest BCUT2D eigenvalue weighted by Crippen LogP contribution is 2.22. The Morgan fingerprint density at radius 3 is 2.16 bits per heavy atom. The third-order valence-corrected chi connectivity index (χ3v) is 3.15. The van der Waals surface area contributed by atoms with E-state index in [1.165, 1.54) is 5.56 Å². The van der Waals surface area contributed by atoms with Crippen LogP contribution >= 0.6 is 0 Å². The van der Waals surface area contributed by atoms with Crippen LogP contribution in [0.15, 0.2) is 42.5 Å². The lowest BCUT2D eigenvalue weighted by molar-refractivity contribution is -0.115. The van der Waals surface area contributed by atoms with Gasteiger partial charge in [-0.3, -0.25) is 4.79 Å². The maximum atomic E-state index is 12.1. The van der Waals surface area contributed by atoms with Gasteiger partial charge in [0, 0.05) is 5.69 Å². The Bertz CT molecular complexity index is 564. The molecular formula is C17H19NO. The van der Waals surface area contributed by atoms with Gasteiger partial charge in [0.2, 0.25) is 5.91 Å². The zero-order valence-corrected chi connectivity index (χ0v) is 11.7. The van der Waals surface area contributed by atoms with Gasteiger partial charge < -0.3 is 5.32 Å². The Labute approximate surface area is 114 Å². The standard InChI is InChI=1S/C17H19NO/c1-12-9-13(2)17(14(3)10-12)18-16(19)11-15-7-5-4-6-8-15/h4-10H,11H2,1-3H3,(H,18,19). The highest BCUT2D eigenvalue weighted by atomic mass is 16.1. The second-order valence-corrected chi connectivity index (χ2v) is 4.98. The molecule has 2 rings (SSSR count).